The van der Waals surface area contributed by atoms with Crippen molar-refractivity contribution in [2.75, 3.05) is 32.7 Å². The lowest BCUT2D eigenvalue weighted by Crippen LogP contribution is -2.42. The minimum absolute atomic E-state index is 0.0558. The molecule has 18 heavy (non-hydrogen) atoms. The van der Waals surface area contributed by atoms with Crippen molar-refractivity contribution >= 4 is 17.8 Å². The van der Waals surface area contributed by atoms with Gasteiger partial charge in [0.1, 0.15) is 0 Å². The number of carbonyl (C=O) groups excluding carboxylic acids is 2. The molecule has 0 aromatic rings. The van der Waals surface area contributed by atoms with Crippen LogP contribution in [0.3, 0.4) is 0 Å². The number of aliphatic carboxylic acids is 1. The van der Waals surface area contributed by atoms with E-state index in [-0.39, 0.29) is 24.9 Å². The zero-order valence-electron chi connectivity index (χ0n) is 10.9. The summed E-state index contributed by atoms with van der Waals surface area (Å²) in [6.45, 7) is 4.50. The van der Waals surface area contributed by atoms with Crippen molar-refractivity contribution in [2.45, 2.75) is 20.3 Å². The van der Waals surface area contributed by atoms with Gasteiger partial charge in [0.25, 0.3) is 0 Å². The molecular weight excluding hydrogens is 238 g/mol. The fourth-order valence-electron chi connectivity index (χ4n) is 1.42. The van der Waals surface area contributed by atoms with Crippen molar-refractivity contribution in [3.05, 3.63) is 0 Å². The third-order valence-electron chi connectivity index (χ3n) is 2.09. The molecule has 0 unspecified atom stereocenters. The molecule has 0 bridgehead atoms. The molecule has 0 atom stereocenters. The molecule has 2 amide bonds. The summed E-state index contributed by atoms with van der Waals surface area (Å²) in [6, 6.07) is 0. The molecule has 7 nitrogen and oxygen atoms in total. The molecule has 0 aliphatic carbocycles. The summed E-state index contributed by atoms with van der Waals surface area (Å²) in [6.07, 6.45) is 0.784. The van der Waals surface area contributed by atoms with Crippen LogP contribution in [0.25, 0.3) is 0 Å². The highest BCUT2D eigenvalue weighted by molar-refractivity contribution is 5.79. The van der Waals surface area contributed by atoms with Crippen molar-refractivity contribution in [3.8, 4) is 0 Å². The van der Waals surface area contributed by atoms with Gasteiger partial charge in [0.15, 0.2) is 0 Å². The fourth-order valence-corrected chi connectivity index (χ4v) is 1.42. The second-order valence-corrected chi connectivity index (χ2v) is 3.94. The highest BCUT2D eigenvalue weighted by Gasteiger charge is 2.12. The van der Waals surface area contributed by atoms with E-state index in [1.165, 1.54) is 6.92 Å². The maximum absolute atomic E-state index is 11.5. The molecule has 0 heterocycles. The third-order valence-corrected chi connectivity index (χ3v) is 2.09. The van der Waals surface area contributed by atoms with Gasteiger partial charge in [-0.05, 0) is 13.0 Å². The van der Waals surface area contributed by atoms with Gasteiger partial charge in [0.2, 0.25) is 11.8 Å². The van der Waals surface area contributed by atoms with E-state index < -0.39 is 5.97 Å². The average Bonchev–Trinajstić information content (AvgIpc) is 2.23. The molecule has 0 saturated heterocycles. The standard InChI is InChI=1S/C11H21N3O4/c1-3-6-14(8-11(17)18)7-10(16)13-5-4-12-9(2)15/h3-8H2,1-2H3,(H,12,15)(H,13,16)(H,17,18). The van der Waals surface area contributed by atoms with Crippen LogP contribution in [-0.2, 0) is 14.4 Å². The van der Waals surface area contributed by atoms with E-state index in [9.17, 15) is 14.4 Å². The minimum Gasteiger partial charge on any atom is -0.480 e. The Bertz CT molecular complexity index is 294. The van der Waals surface area contributed by atoms with Crippen molar-refractivity contribution < 1.29 is 19.5 Å². The molecule has 3 N–H and O–H groups in total. The van der Waals surface area contributed by atoms with Gasteiger partial charge in [0.05, 0.1) is 13.1 Å². The SMILES string of the molecule is CCCN(CC(=O)O)CC(=O)NCCNC(C)=O. The number of rotatable bonds is 9. The molecule has 0 saturated carbocycles. The summed E-state index contributed by atoms with van der Waals surface area (Å²) in [7, 11) is 0. The summed E-state index contributed by atoms with van der Waals surface area (Å²) in [5.74, 6) is -1.34. The topological polar surface area (TPSA) is 98.7 Å². The second-order valence-electron chi connectivity index (χ2n) is 3.94. The van der Waals surface area contributed by atoms with E-state index in [4.69, 9.17) is 5.11 Å². The molecule has 0 aromatic heterocycles. The van der Waals surface area contributed by atoms with Crippen molar-refractivity contribution in [1.82, 2.24) is 15.5 Å². The van der Waals surface area contributed by atoms with Crippen LogP contribution in [-0.4, -0.2) is 60.5 Å². The Kier molecular flexibility index (Phi) is 8.55. The van der Waals surface area contributed by atoms with Crippen molar-refractivity contribution in [3.63, 3.8) is 0 Å². The number of nitrogens with one attached hydrogen (secondary N) is 2. The number of carbonyl (C=O) groups is 3. The van der Waals surface area contributed by atoms with E-state index >= 15 is 0 Å². The van der Waals surface area contributed by atoms with Crippen LogP contribution < -0.4 is 10.6 Å². The van der Waals surface area contributed by atoms with Gasteiger partial charge in [0, 0.05) is 20.0 Å². The zero-order valence-corrected chi connectivity index (χ0v) is 10.9. The Morgan fingerprint density at radius 3 is 2.22 bits per heavy atom. The van der Waals surface area contributed by atoms with Crippen molar-refractivity contribution in [2.24, 2.45) is 0 Å². The molecule has 0 aromatic carbocycles. The lowest BCUT2D eigenvalue weighted by molar-refractivity contribution is -0.138. The first-order valence-electron chi connectivity index (χ1n) is 5.91. The smallest absolute Gasteiger partial charge is 0.317 e. The van der Waals surface area contributed by atoms with E-state index in [1.54, 1.807) is 4.90 Å². The first kappa shape index (κ1) is 16.4. The summed E-state index contributed by atoms with van der Waals surface area (Å²) in [5, 5.41) is 13.8. The molecule has 0 fully saturated rings. The predicted molar refractivity (Wildman–Crippen MR) is 66.1 cm³/mol. The molecule has 0 aliphatic rings. The lowest BCUT2D eigenvalue weighted by Gasteiger charge is -2.18. The second kappa shape index (κ2) is 9.41. The van der Waals surface area contributed by atoms with Gasteiger partial charge in [-0.1, -0.05) is 6.92 Å². The third kappa shape index (κ3) is 9.59. The van der Waals surface area contributed by atoms with Gasteiger partial charge in [-0.25, -0.2) is 0 Å². The summed E-state index contributed by atoms with van der Waals surface area (Å²) in [4.78, 5) is 34.2. The quantitative estimate of drug-likeness (QED) is 0.463. The van der Waals surface area contributed by atoms with Crippen LogP contribution in [0.15, 0.2) is 0 Å². The average molecular weight is 259 g/mol. The normalized spacial score (nSPS) is 10.2. The maximum atomic E-state index is 11.5. The van der Waals surface area contributed by atoms with Gasteiger partial charge >= 0.3 is 5.97 Å². The van der Waals surface area contributed by atoms with Crippen LogP contribution in [0.2, 0.25) is 0 Å². The van der Waals surface area contributed by atoms with E-state index in [0.29, 0.717) is 19.6 Å². The minimum atomic E-state index is -0.950. The summed E-state index contributed by atoms with van der Waals surface area (Å²) in [5.41, 5.74) is 0. The Balaban J connectivity index is 3.86. The Morgan fingerprint density at radius 1 is 1.11 bits per heavy atom. The Morgan fingerprint density at radius 2 is 1.72 bits per heavy atom. The Hall–Kier alpha value is -1.63. The number of carboxylic acid groups (broad SMARTS) is 1. The molecule has 104 valence electrons. The predicted octanol–water partition coefficient (Wildman–Crippen LogP) is -0.965. The van der Waals surface area contributed by atoms with Crippen LogP contribution in [0.5, 0.6) is 0 Å². The summed E-state index contributed by atoms with van der Waals surface area (Å²) >= 11 is 0. The maximum Gasteiger partial charge on any atom is 0.317 e. The van der Waals surface area contributed by atoms with Crippen LogP contribution >= 0.6 is 0 Å². The van der Waals surface area contributed by atoms with Crippen LogP contribution in [0, 0.1) is 0 Å². The summed E-state index contributed by atoms with van der Waals surface area (Å²) < 4.78 is 0. The van der Waals surface area contributed by atoms with Gasteiger partial charge in [-0.15, -0.1) is 0 Å². The number of hydrogen-bond acceptors (Lipinski definition) is 4. The van der Waals surface area contributed by atoms with Crippen LogP contribution in [0.4, 0.5) is 0 Å². The highest BCUT2D eigenvalue weighted by Crippen LogP contribution is 1.91. The lowest BCUT2D eigenvalue weighted by atomic mass is 10.3. The molecule has 0 aliphatic heterocycles. The van der Waals surface area contributed by atoms with Gasteiger partial charge < -0.3 is 15.7 Å². The van der Waals surface area contributed by atoms with Gasteiger partial charge in [-0.3, -0.25) is 19.3 Å². The van der Waals surface area contributed by atoms with Gasteiger partial charge in [-0.2, -0.15) is 0 Å². The van der Waals surface area contributed by atoms with Crippen molar-refractivity contribution in [1.29, 1.82) is 0 Å². The number of nitrogens with zero attached hydrogens (tertiary/aromatic N) is 1. The zero-order chi connectivity index (χ0) is 14.0. The Labute approximate surface area is 107 Å². The molecule has 0 radical (unpaired) electrons. The first-order chi connectivity index (χ1) is 8.45. The number of amides is 2. The number of carboxylic acids is 1. The molecule has 0 rings (SSSR count). The molecular formula is C11H21N3O4. The molecule has 0 spiro atoms. The van der Waals surface area contributed by atoms with E-state index in [1.807, 2.05) is 6.92 Å². The number of hydrogen-bond donors (Lipinski definition) is 3. The van der Waals surface area contributed by atoms with E-state index in [2.05, 4.69) is 10.6 Å². The fraction of sp³-hybridized carbons (Fsp3) is 0.727. The largest absolute Gasteiger partial charge is 0.480 e. The van der Waals surface area contributed by atoms with Crippen LogP contribution in [0.1, 0.15) is 20.3 Å². The molecule has 7 heteroatoms. The first-order valence-corrected chi connectivity index (χ1v) is 5.91. The van der Waals surface area contributed by atoms with E-state index in [0.717, 1.165) is 6.42 Å². The highest BCUT2D eigenvalue weighted by atomic mass is 16.4. The monoisotopic (exact) mass is 259 g/mol.